The van der Waals surface area contributed by atoms with E-state index in [1.165, 1.54) is 0 Å². The van der Waals surface area contributed by atoms with Crippen LogP contribution in [0.25, 0.3) is 0 Å². The second-order valence-electron chi connectivity index (χ2n) is 3.15. The number of rotatable bonds is 1. The van der Waals surface area contributed by atoms with E-state index >= 15 is 0 Å². The maximum atomic E-state index is 12.9. The van der Waals surface area contributed by atoms with Gasteiger partial charge < -0.3 is 4.90 Å². The average molecular weight is 215 g/mol. The molecular weight excluding hydrogens is 205 g/mol. The summed E-state index contributed by atoms with van der Waals surface area (Å²) in [6, 6.07) is 0. The summed E-state index contributed by atoms with van der Waals surface area (Å²) in [6.07, 6.45) is -3.18. The van der Waals surface area contributed by atoms with E-state index in [1.54, 1.807) is 0 Å². The van der Waals surface area contributed by atoms with Crippen LogP contribution in [0.5, 0.6) is 0 Å². The zero-order valence-corrected chi connectivity index (χ0v) is 7.37. The van der Waals surface area contributed by atoms with Crippen LogP contribution in [-0.4, -0.2) is 24.2 Å². The third-order valence-electron chi connectivity index (χ3n) is 2.06. The minimum Gasteiger partial charge on any atom is -0.346 e. The topological polar surface area (TPSA) is 3.24 Å². The third kappa shape index (κ3) is 2.59. The molecule has 1 aliphatic heterocycles. The Bertz CT molecular complexity index is 226. The molecule has 0 spiro atoms. The fraction of sp³-hybridized carbons (Fsp3) is 0.750. The van der Waals surface area contributed by atoms with Crippen LogP contribution in [0.1, 0.15) is 19.3 Å². The molecule has 1 aliphatic rings. The zero-order chi connectivity index (χ0) is 10.8. The molecule has 0 atom stereocenters. The Kier molecular flexibility index (Phi) is 3.34. The van der Waals surface area contributed by atoms with Crippen molar-refractivity contribution < 1.29 is 22.0 Å². The Labute approximate surface area is 78.2 Å². The van der Waals surface area contributed by atoms with Crippen molar-refractivity contribution >= 4 is 0 Å². The Balaban J connectivity index is 2.74. The molecule has 1 heterocycles. The number of nitrogens with zero attached hydrogens (tertiary/aromatic N) is 1. The van der Waals surface area contributed by atoms with Crippen molar-refractivity contribution in [2.24, 2.45) is 0 Å². The Morgan fingerprint density at radius 1 is 0.929 bits per heavy atom. The van der Waals surface area contributed by atoms with Gasteiger partial charge in [-0.3, -0.25) is 0 Å². The van der Waals surface area contributed by atoms with Crippen molar-refractivity contribution in [2.45, 2.75) is 25.4 Å². The highest BCUT2D eigenvalue weighted by Crippen LogP contribution is 2.31. The van der Waals surface area contributed by atoms with Crippen LogP contribution in [0, 0.1) is 0 Å². The van der Waals surface area contributed by atoms with E-state index < -0.39 is 18.0 Å². The first-order chi connectivity index (χ1) is 6.43. The molecular formula is C8H10F5N. The molecule has 0 N–H and O–H groups in total. The van der Waals surface area contributed by atoms with Crippen molar-refractivity contribution in [3.05, 3.63) is 11.8 Å². The average Bonchev–Trinajstić information content (AvgIpc) is 2.15. The van der Waals surface area contributed by atoms with E-state index in [2.05, 4.69) is 0 Å². The highest BCUT2D eigenvalue weighted by molar-refractivity contribution is 5.05. The van der Waals surface area contributed by atoms with Crippen molar-refractivity contribution in [3.8, 4) is 0 Å². The molecule has 0 aromatic carbocycles. The van der Waals surface area contributed by atoms with Gasteiger partial charge in [0, 0.05) is 13.1 Å². The van der Waals surface area contributed by atoms with E-state index in [4.69, 9.17) is 0 Å². The summed E-state index contributed by atoms with van der Waals surface area (Å²) < 4.78 is 60.6. The maximum absolute atomic E-state index is 12.9. The molecule has 0 unspecified atom stereocenters. The molecule has 0 aliphatic carbocycles. The smallest absolute Gasteiger partial charge is 0.346 e. The molecule has 1 saturated heterocycles. The Hall–Kier alpha value is -0.810. The molecule has 0 aromatic rings. The first kappa shape index (κ1) is 11.3. The quantitative estimate of drug-likeness (QED) is 0.479. The predicted molar refractivity (Wildman–Crippen MR) is 40.7 cm³/mol. The van der Waals surface area contributed by atoms with Gasteiger partial charge in [-0.15, -0.1) is 0 Å². The largest absolute Gasteiger partial charge is 0.447 e. The van der Waals surface area contributed by atoms with Crippen LogP contribution in [0.15, 0.2) is 11.8 Å². The van der Waals surface area contributed by atoms with Gasteiger partial charge in [-0.25, -0.2) is 0 Å². The molecule has 1 fully saturated rings. The monoisotopic (exact) mass is 215 g/mol. The summed E-state index contributed by atoms with van der Waals surface area (Å²) in [5, 5.41) is 0. The minimum atomic E-state index is -5.22. The Morgan fingerprint density at radius 2 is 1.43 bits per heavy atom. The normalized spacial score (nSPS) is 20.8. The second kappa shape index (κ2) is 4.14. The zero-order valence-electron chi connectivity index (χ0n) is 7.37. The van der Waals surface area contributed by atoms with Crippen molar-refractivity contribution in [3.63, 3.8) is 0 Å². The second-order valence-corrected chi connectivity index (χ2v) is 3.15. The summed E-state index contributed by atoms with van der Waals surface area (Å²) >= 11 is 0. The predicted octanol–water partition coefficient (Wildman–Crippen LogP) is 3.14. The standard InChI is InChI=1S/C8H10F5N/c9-6(8(11,12)13)7(10)14-4-2-1-3-5-14/h1-5H2/b7-6-. The van der Waals surface area contributed by atoms with Gasteiger partial charge >= 0.3 is 6.18 Å². The van der Waals surface area contributed by atoms with Crippen molar-refractivity contribution in [1.29, 1.82) is 0 Å². The number of allylic oxidation sites excluding steroid dienone is 1. The molecule has 0 amide bonds. The lowest BCUT2D eigenvalue weighted by Crippen LogP contribution is -2.29. The number of halogens is 5. The van der Waals surface area contributed by atoms with Gasteiger partial charge in [-0.05, 0) is 19.3 Å². The molecule has 0 radical (unpaired) electrons. The number of hydrogen-bond donors (Lipinski definition) is 0. The molecule has 0 aromatic heterocycles. The van der Waals surface area contributed by atoms with Gasteiger partial charge in [0.15, 0.2) is 0 Å². The maximum Gasteiger partial charge on any atom is 0.447 e. The van der Waals surface area contributed by atoms with Gasteiger partial charge in [0.25, 0.3) is 5.83 Å². The van der Waals surface area contributed by atoms with Crippen LogP contribution in [0.2, 0.25) is 0 Å². The molecule has 6 heteroatoms. The number of piperidine rings is 1. The highest BCUT2D eigenvalue weighted by atomic mass is 19.4. The summed E-state index contributed by atoms with van der Waals surface area (Å²) in [4.78, 5) is 0.798. The summed E-state index contributed by atoms with van der Waals surface area (Å²) in [5.74, 6) is -4.41. The minimum absolute atomic E-state index is 0.148. The van der Waals surface area contributed by atoms with Crippen LogP contribution in [0.4, 0.5) is 22.0 Å². The van der Waals surface area contributed by atoms with Crippen molar-refractivity contribution in [1.82, 2.24) is 4.90 Å². The number of hydrogen-bond acceptors (Lipinski definition) is 1. The highest BCUT2D eigenvalue weighted by Gasteiger charge is 2.39. The number of likely N-dealkylation sites (tertiary alicyclic amines) is 1. The fourth-order valence-electron chi connectivity index (χ4n) is 1.35. The summed E-state index contributed by atoms with van der Waals surface area (Å²) in [7, 11) is 0. The Morgan fingerprint density at radius 3 is 1.86 bits per heavy atom. The van der Waals surface area contributed by atoms with E-state index in [1.807, 2.05) is 0 Å². The lowest BCUT2D eigenvalue weighted by atomic mass is 10.1. The van der Waals surface area contributed by atoms with Crippen molar-refractivity contribution in [2.75, 3.05) is 13.1 Å². The van der Waals surface area contributed by atoms with E-state index in [9.17, 15) is 22.0 Å². The lowest BCUT2D eigenvalue weighted by Gasteiger charge is -2.27. The van der Waals surface area contributed by atoms with Gasteiger partial charge in [-0.1, -0.05) is 0 Å². The molecule has 0 saturated carbocycles. The van der Waals surface area contributed by atoms with Crippen LogP contribution in [-0.2, 0) is 0 Å². The summed E-state index contributed by atoms with van der Waals surface area (Å²) in [5.41, 5.74) is 0. The van der Waals surface area contributed by atoms with Gasteiger partial charge in [0.2, 0.25) is 5.95 Å². The molecule has 14 heavy (non-hydrogen) atoms. The molecule has 1 rings (SSSR count). The lowest BCUT2D eigenvalue weighted by molar-refractivity contribution is -0.113. The van der Waals surface area contributed by atoms with Crippen LogP contribution >= 0.6 is 0 Å². The number of alkyl halides is 3. The van der Waals surface area contributed by atoms with E-state index in [0.29, 0.717) is 12.8 Å². The molecule has 82 valence electrons. The van der Waals surface area contributed by atoms with Crippen LogP contribution in [0.3, 0.4) is 0 Å². The SMILES string of the molecule is F/C(=C(/F)C(F)(F)F)N1CCCCC1. The van der Waals surface area contributed by atoms with E-state index in [0.717, 1.165) is 11.3 Å². The molecule has 0 bridgehead atoms. The van der Waals surface area contributed by atoms with Crippen LogP contribution < -0.4 is 0 Å². The van der Waals surface area contributed by atoms with Gasteiger partial charge in [0.1, 0.15) is 0 Å². The van der Waals surface area contributed by atoms with Gasteiger partial charge in [-0.2, -0.15) is 22.0 Å². The third-order valence-corrected chi connectivity index (χ3v) is 2.06. The first-order valence-corrected chi connectivity index (χ1v) is 4.30. The van der Waals surface area contributed by atoms with Gasteiger partial charge in [0.05, 0.1) is 0 Å². The fourth-order valence-corrected chi connectivity index (χ4v) is 1.35. The molecule has 1 nitrogen and oxygen atoms in total. The first-order valence-electron chi connectivity index (χ1n) is 4.30. The summed E-state index contributed by atoms with van der Waals surface area (Å²) in [6.45, 7) is 0.296. The van der Waals surface area contributed by atoms with E-state index in [-0.39, 0.29) is 13.1 Å².